The van der Waals surface area contributed by atoms with Crippen LogP contribution < -0.4 is 5.32 Å². The second kappa shape index (κ2) is 8.14. The number of piperidine rings is 1. The van der Waals surface area contributed by atoms with Crippen molar-refractivity contribution in [3.8, 4) is 0 Å². The van der Waals surface area contributed by atoms with Crippen LogP contribution in [-0.2, 0) is 14.8 Å². The Bertz CT molecular complexity index is 794. The van der Waals surface area contributed by atoms with Gasteiger partial charge in [-0.3, -0.25) is 5.32 Å². The molecule has 4 rings (SSSR count). The summed E-state index contributed by atoms with van der Waals surface area (Å²) in [6.45, 7) is 1.98. The monoisotopic (exact) mass is 409 g/mol. The van der Waals surface area contributed by atoms with E-state index in [2.05, 4.69) is 20.2 Å². The summed E-state index contributed by atoms with van der Waals surface area (Å²) in [5, 5.41) is 3.35. The quantitative estimate of drug-likeness (QED) is 0.715. The molecule has 2 fully saturated rings. The first-order valence-corrected chi connectivity index (χ1v) is 11.8. The zero-order valence-corrected chi connectivity index (χ0v) is 17.5. The van der Waals surface area contributed by atoms with Crippen molar-refractivity contribution >= 4 is 22.2 Å². The lowest BCUT2D eigenvalue weighted by Gasteiger charge is -2.46. The van der Waals surface area contributed by atoms with E-state index in [4.69, 9.17) is 4.74 Å². The van der Waals surface area contributed by atoms with Crippen molar-refractivity contribution < 1.29 is 13.2 Å². The number of ether oxygens (including phenoxy) is 1. The lowest BCUT2D eigenvalue weighted by Crippen LogP contribution is -2.52. The number of fused-ring (bicyclic) bond motifs is 1. The maximum atomic E-state index is 12.8. The number of hydrogen-bond donors (Lipinski definition) is 2. The summed E-state index contributed by atoms with van der Waals surface area (Å²) >= 11 is 0. The van der Waals surface area contributed by atoms with Crippen LogP contribution in [0.25, 0.3) is 0 Å². The largest absolute Gasteiger partial charge is 0.384 e. The van der Waals surface area contributed by atoms with Crippen molar-refractivity contribution in [2.24, 2.45) is 16.8 Å². The highest BCUT2D eigenvalue weighted by Gasteiger charge is 2.41. The molecular weight excluding hydrogens is 378 g/mol. The van der Waals surface area contributed by atoms with Crippen molar-refractivity contribution in [1.82, 2.24) is 19.5 Å². The van der Waals surface area contributed by atoms with Gasteiger partial charge in [-0.1, -0.05) is 0 Å². The fourth-order valence-corrected chi connectivity index (χ4v) is 6.59. The molecule has 0 spiro atoms. The number of aromatic nitrogens is 1. The van der Waals surface area contributed by atoms with Gasteiger partial charge in [-0.15, -0.1) is 0 Å². The number of aliphatic imine (C=N–C) groups is 1. The number of H-pyrrole nitrogens is 1. The van der Waals surface area contributed by atoms with Crippen LogP contribution in [0.15, 0.2) is 17.3 Å². The van der Waals surface area contributed by atoms with Gasteiger partial charge in [-0.05, 0) is 50.6 Å². The van der Waals surface area contributed by atoms with Gasteiger partial charge in [-0.2, -0.15) is 0 Å². The summed E-state index contributed by atoms with van der Waals surface area (Å²) in [6.07, 6.45) is 7.45. The standard InChI is InChI=1S/C19H31N5O3S/c1-20-19-17-3-6-21-18(17)22-13-24(19)16-9-15(10-16)12-28(25,26)23-7-4-14(5-8-23)11-27-2/h3,6,13-16,19-21H,4-5,7-12H2,1-2H3/t15-,16-,19?. The summed E-state index contributed by atoms with van der Waals surface area (Å²) in [6, 6.07) is 2.38. The summed E-state index contributed by atoms with van der Waals surface area (Å²) in [5.74, 6) is 1.87. The molecular formula is C19H31N5O3S. The van der Waals surface area contributed by atoms with Crippen LogP contribution in [0.2, 0.25) is 0 Å². The molecule has 1 aromatic heterocycles. The van der Waals surface area contributed by atoms with E-state index < -0.39 is 10.0 Å². The fraction of sp³-hybridized carbons (Fsp3) is 0.737. The topological polar surface area (TPSA) is 90.0 Å². The Labute approximate surface area is 167 Å². The van der Waals surface area contributed by atoms with Gasteiger partial charge < -0.3 is 14.6 Å². The third kappa shape index (κ3) is 3.85. The Balaban J connectivity index is 1.30. The molecule has 2 N–H and O–H groups in total. The Morgan fingerprint density at radius 3 is 2.71 bits per heavy atom. The number of rotatable bonds is 7. The van der Waals surface area contributed by atoms with E-state index in [0.717, 1.165) is 43.7 Å². The summed E-state index contributed by atoms with van der Waals surface area (Å²) in [5.41, 5.74) is 1.14. The second-order valence-electron chi connectivity index (χ2n) is 8.23. The molecule has 1 saturated heterocycles. The van der Waals surface area contributed by atoms with Gasteiger partial charge in [-0.25, -0.2) is 17.7 Å². The molecule has 0 aromatic carbocycles. The van der Waals surface area contributed by atoms with Crippen molar-refractivity contribution in [3.05, 3.63) is 17.8 Å². The third-order valence-electron chi connectivity index (χ3n) is 6.39. The minimum atomic E-state index is -3.18. The maximum absolute atomic E-state index is 12.8. The van der Waals surface area contributed by atoms with Gasteiger partial charge in [0.25, 0.3) is 0 Å². The molecule has 0 radical (unpaired) electrons. The van der Waals surface area contributed by atoms with Crippen LogP contribution in [-0.4, -0.2) is 74.6 Å². The van der Waals surface area contributed by atoms with E-state index in [-0.39, 0.29) is 17.8 Å². The molecule has 0 bridgehead atoms. The van der Waals surface area contributed by atoms with Gasteiger partial charge in [0, 0.05) is 44.6 Å². The highest BCUT2D eigenvalue weighted by atomic mass is 32.2. The SMILES string of the molecule is CNC1c2cc[nH]c2N=CN1[C@H]1C[C@H](CS(=O)(=O)N2CCC(COC)CC2)C1. The average molecular weight is 410 g/mol. The van der Waals surface area contributed by atoms with Crippen LogP contribution in [0, 0.1) is 11.8 Å². The molecule has 8 nitrogen and oxygen atoms in total. The van der Waals surface area contributed by atoms with Crippen molar-refractivity contribution in [3.63, 3.8) is 0 Å². The first kappa shape index (κ1) is 19.9. The highest BCUT2D eigenvalue weighted by molar-refractivity contribution is 7.89. The average Bonchev–Trinajstić information content (AvgIpc) is 3.13. The van der Waals surface area contributed by atoms with Gasteiger partial charge in [0.1, 0.15) is 12.0 Å². The normalized spacial score (nSPS) is 28.9. The lowest BCUT2D eigenvalue weighted by molar-refractivity contribution is 0.104. The van der Waals surface area contributed by atoms with Crippen molar-refractivity contribution in [2.75, 3.05) is 39.6 Å². The predicted octanol–water partition coefficient (Wildman–Crippen LogP) is 1.67. The minimum Gasteiger partial charge on any atom is -0.384 e. The maximum Gasteiger partial charge on any atom is 0.214 e. The molecule has 28 heavy (non-hydrogen) atoms. The van der Waals surface area contributed by atoms with Crippen molar-refractivity contribution in [1.29, 1.82) is 0 Å². The number of sulfonamides is 1. The van der Waals surface area contributed by atoms with Crippen LogP contribution in [0.1, 0.15) is 37.4 Å². The van der Waals surface area contributed by atoms with E-state index in [1.54, 1.807) is 11.4 Å². The molecule has 1 aliphatic carbocycles. The summed E-state index contributed by atoms with van der Waals surface area (Å²) in [4.78, 5) is 9.88. The number of methoxy groups -OCH3 is 1. The second-order valence-corrected chi connectivity index (χ2v) is 10.2. The molecule has 3 heterocycles. The van der Waals surface area contributed by atoms with Crippen LogP contribution in [0.5, 0.6) is 0 Å². The smallest absolute Gasteiger partial charge is 0.214 e. The number of hydrogen-bond acceptors (Lipinski definition) is 6. The highest BCUT2D eigenvalue weighted by Crippen LogP contribution is 2.39. The number of nitrogens with one attached hydrogen (secondary N) is 2. The molecule has 1 saturated carbocycles. The molecule has 2 aliphatic heterocycles. The number of aromatic amines is 1. The summed E-state index contributed by atoms with van der Waals surface area (Å²) in [7, 11) is 0.478. The van der Waals surface area contributed by atoms with Crippen molar-refractivity contribution in [2.45, 2.75) is 37.9 Å². The zero-order chi connectivity index (χ0) is 19.7. The predicted molar refractivity (Wildman–Crippen MR) is 109 cm³/mol. The summed E-state index contributed by atoms with van der Waals surface area (Å²) < 4.78 is 32.5. The molecule has 156 valence electrons. The van der Waals surface area contributed by atoms with Gasteiger partial charge >= 0.3 is 0 Å². The molecule has 1 aromatic rings. The van der Waals surface area contributed by atoms with E-state index in [1.807, 2.05) is 25.6 Å². The molecule has 3 aliphatic rings. The van der Waals surface area contributed by atoms with Crippen LogP contribution >= 0.6 is 0 Å². The van der Waals surface area contributed by atoms with Gasteiger partial charge in [0.05, 0.1) is 12.1 Å². The first-order chi connectivity index (χ1) is 13.5. The van der Waals surface area contributed by atoms with Gasteiger partial charge in [0.2, 0.25) is 10.0 Å². The van der Waals surface area contributed by atoms with E-state index in [0.29, 0.717) is 25.0 Å². The number of nitrogens with zero attached hydrogens (tertiary/aromatic N) is 3. The van der Waals surface area contributed by atoms with Crippen LogP contribution in [0.3, 0.4) is 0 Å². The zero-order valence-electron chi connectivity index (χ0n) is 16.7. The Morgan fingerprint density at radius 2 is 2.04 bits per heavy atom. The molecule has 1 atom stereocenters. The van der Waals surface area contributed by atoms with E-state index in [1.165, 1.54) is 0 Å². The third-order valence-corrected chi connectivity index (χ3v) is 8.44. The lowest BCUT2D eigenvalue weighted by atomic mass is 9.80. The van der Waals surface area contributed by atoms with Gasteiger partial charge in [0.15, 0.2) is 0 Å². The van der Waals surface area contributed by atoms with E-state index in [9.17, 15) is 8.42 Å². The van der Waals surface area contributed by atoms with Crippen LogP contribution in [0.4, 0.5) is 5.82 Å². The Morgan fingerprint density at radius 1 is 1.29 bits per heavy atom. The Hall–Kier alpha value is -1.42. The van der Waals surface area contributed by atoms with E-state index >= 15 is 0 Å². The molecule has 1 unspecified atom stereocenters. The minimum absolute atomic E-state index is 0.0844. The molecule has 0 amide bonds. The molecule has 9 heteroatoms. The fourth-order valence-electron chi connectivity index (χ4n) is 4.74. The Kier molecular flexibility index (Phi) is 5.78. The first-order valence-electron chi connectivity index (χ1n) is 10.1.